The van der Waals surface area contributed by atoms with E-state index in [1.165, 1.54) is 5.56 Å². The third-order valence-corrected chi connectivity index (χ3v) is 3.68. The average Bonchev–Trinajstić information content (AvgIpc) is 2.27. The largest absolute Gasteiger partial charge is 0.496 e. The molecule has 1 aromatic rings. The molecule has 3 heteroatoms. The molecule has 1 aliphatic heterocycles. The highest BCUT2D eigenvalue weighted by molar-refractivity contribution is 5.44. The van der Waals surface area contributed by atoms with Gasteiger partial charge in [0.1, 0.15) is 5.75 Å². The lowest BCUT2D eigenvalue weighted by Gasteiger charge is -2.41. The van der Waals surface area contributed by atoms with Gasteiger partial charge in [0.05, 0.1) is 32.3 Å². The van der Waals surface area contributed by atoms with Crippen molar-refractivity contribution in [3.05, 3.63) is 29.3 Å². The number of hydrogen-bond donors (Lipinski definition) is 1. The first-order chi connectivity index (χ1) is 8.43. The van der Waals surface area contributed by atoms with Crippen molar-refractivity contribution in [3.8, 4) is 5.75 Å². The van der Waals surface area contributed by atoms with Gasteiger partial charge in [-0.1, -0.05) is 32.9 Å². The molecule has 0 amide bonds. The first-order valence-electron chi connectivity index (χ1n) is 6.30. The summed E-state index contributed by atoms with van der Waals surface area (Å²) in [5, 5.41) is 9.60. The minimum Gasteiger partial charge on any atom is -0.496 e. The summed E-state index contributed by atoms with van der Waals surface area (Å²) in [7, 11) is 1.69. The molecule has 1 saturated heterocycles. The lowest BCUT2D eigenvalue weighted by Crippen LogP contribution is -2.49. The number of rotatable bonds is 3. The summed E-state index contributed by atoms with van der Waals surface area (Å²) in [5.74, 6) is 0.902. The van der Waals surface area contributed by atoms with Crippen LogP contribution in [0.5, 0.6) is 5.75 Å². The van der Waals surface area contributed by atoms with Crippen LogP contribution in [0.15, 0.2) is 18.2 Å². The van der Waals surface area contributed by atoms with E-state index in [0.717, 1.165) is 11.3 Å². The maximum atomic E-state index is 9.60. The van der Waals surface area contributed by atoms with Gasteiger partial charge in [-0.25, -0.2) is 0 Å². The molecular formula is C15H22O3. The van der Waals surface area contributed by atoms with E-state index in [4.69, 9.17) is 9.47 Å². The molecule has 18 heavy (non-hydrogen) atoms. The van der Waals surface area contributed by atoms with Crippen LogP contribution >= 0.6 is 0 Å². The Balaban J connectivity index is 2.46. The summed E-state index contributed by atoms with van der Waals surface area (Å²) in [6.45, 7) is 7.81. The fourth-order valence-electron chi connectivity index (χ4n) is 2.32. The summed E-state index contributed by atoms with van der Waals surface area (Å²) in [4.78, 5) is 0. The zero-order chi connectivity index (χ0) is 13.4. The molecule has 2 rings (SSSR count). The Kier molecular flexibility index (Phi) is 3.39. The number of aliphatic hydroxyl groups excluding tert-OH is 1. The Morgan fingerprint density at radius 3 is 2.39 bits per heavy atom. The highest BCUT2D eigenvalue weighted by Crippen LogP contribution is 2.38. The standard InChI is InChI=1S/C15H22O3/c1-14(2,3)12-7-11(5-6-13(12)17-4)15(8-16)9-18-10-15/h5-7,16H,8-10H2,1-4H3. The molecule has 1 aromatic carbocycles. The van der Waals surface area contributed by atoms with Gasteiger partial charge in [0, 0.05) is 0 Å². The van der Waals surface area contributed by atoms with Crippen LogP contribution in [0.2, 0.25) is 0 Å². The Morgan fingerprint density at radius 1 is 1.33 bits per heavy atom. The fraction of sp³-hybridized carbons (Fsp3) is 0.600. The summed E-state index contributed by atoms with van der Waals surface area (Å²) in [6.07, 6.45) is 0. The van der Waals surface area contributed by atoms with Crippen molar-refractivity contribution in [1.29, 1.82) is 0 Å². The summed E-state index contributed by atoms with van der Waals surface area (Å²) >= 11 is 0. The number of methoxy groups -OCH3 is 1. The lowest BCUT2D eigenvalue weighted by atomic mass is 9.76. The Morgan fingerprint density at radius 2 is 2.00 bits per heavy atom. The quantitative estimate of drug-likeness (QED) is 0.894. The Hall–Kier alpha value is -1.06. The van der Waals surface area contributed by atoms with Gasteiger partial charge in [-0.05, 0) is 22.6 Å². The first kappa shape index (κ1) is 13.4. The van der Waals surface area contributed by atoms with E-state index in [1.807, 2.05) is 12.1 Å². The number of aliphatic hydroxyl groups is 1. The van der Waals surface area contributed by atoms with Gasteiger partial charge in [-0.15, -0.1) is 0 Å². The molecule has 0 radical (unpaired) electrons. The molecule has 0 spiro atoms. The molecule has 0 saturated carbocycles. The van der Waals surface area contributed by atoms with E-state index in [1.54, 1.807) is 7.11 Å². The number of hydrogen-bond acceptors (Lipinski definition) is 3. The topological polar surface area (TPSA) is 38.7 Å². The average molecular weight is 250 g/mol. The van der Waals surface area contributed by atoms with Crippen LogP contribution in [-0.4, -0.2) is 32.0 Å². The van der Waals surface area contributed by atoms with Gasteiger partial charge >= 0.3 is 0 Å². The molecular weight excluding hydrogens is 228 g/mol. The van der Waals surface area contributed by atoms with Crippen molar-refractivity contribution in [2.24, 2.45) is 0 Å². The molecule has 1 heterocycles. The maximum Gasteiger partial charge on any atom is 0.122 e. The van der Waals surface area contributed by atoms with Crippen LogP contribution < -0.4 is 4.74 Å². The fourth-order valence-corrected chi connectivity index (χ4v) is 2.32. The predicted molar refractivity (Wildman–Crippen MR) is 71.3 cm³/mol. The molecule has 0 bridgehead atoms. The molecule has 1 fully saturated rings. The van der Waals surface area contributed by atoms with Gasteiger partial charge in [0.25, 0.3) is 0 Å². The normalized spacial score (nSPS) is 18.3. The zero-order valence-corrected chi connectivity index (χ0v) is 11.6. The Labute approximate surface area is 109 Å². The molecule has 0 aliphatic carbocycles. The molecule has 0 unspecified atom stereocenters. The smallest absolute Gasteiger partial charge is 0.122 e. The highest BCUT2D eigenvalue weighted by Gasteiger charge is 2.40. The molecule has 1 N–H and O–H groups in total. The second kappa shape index (κ2) is 4.56. The second-order valence-electron chi connectivity index (χ2n) is 6.10. The van der Waals surface area contributed by atoms with Crippen molar-refractivity contribution >= 4 is 0 Å². The summed E-state index contributed by atoms with van der Waals surface area (Å²) in [5.41, 5.74) is 2.11. The Bertz CT molecular complexity index is 422. The van der Waals surface area contributed by atoms with Crippen LogP contribution in [0.3, 0.4) is 0 Å². The minimum absolute atomic E-state index is 0.0165. The van der Waals surface area contributed by atoms with Gasteiger partial charge in [0.2, 0.25) is 0 Å². The molecule has 100 valence electrons. The second-order valence-corrected chi connectivity index (χ2v) is 6.10. The summed E-state index contributed by atoms with van der Waals surface area (Å²) in [6, 6.07) is 6.18. The first-order valence-corrected chi connectivity index (χ1v) is 6.30. The molecule has 3 nitrogen and oxygen atoms in total. The maximum absolute atomic E-state index is 9.60. The van der Waals surface area contributed by atoms with E-state index in [-0.39, 0.29) is 17.4 Å². The van der Waals surface area contributed by atoms with Crippen LogP contribution in [0.1, 0.15) is 31.9 Å². The molecule has 1 aliphatic rings. The minimum atomic E-state index is -0.216. The van der Waals surface area contributed by atoms with Crippen LogP contribution in [0.25, 0.3) is 0 Å². The van der Waals surface area contributed by atoms with Gasteiger partial charge in [-0.3, -0.25) is 0 Å². The number of ether oxygens (including phenoxy) is 2. The van der Waals surface area contributed by atoms with E-state index < -0.39 is 0 Å². The highest BCUT2D eigenvalue weighted by atomic mass is 16.5. The van der Waals surface area contributed by atoms with Crippen molar-refractivity contribution in [1.82, 2.24) is 0 Å². The predicted octanol–water partition coefficient (Wildman–Crippen LogP) is 2.25. The van der Waals surface area contributed by atoms with Crippen LogP contribution in [0, 0.1) is 0 Å². The third-order valence-electron chi connectivity index (χ3n) is 3.68. The monoisotopic (exact) mass is 250 g/mol. The van der Waals surface area contributed by atoms with Gasteiger partial charge < -0.3 is 14.6 Å². The number of benzene rings is 1. The third kappa shape index (κ3) is 2.13. The van der Waals surface area contributed by atoms with Crippen molar-refractivity contribution < 1.29 is 14.6 Å². The van der Waals surface area contributed by atoms with Crippen molar-refractivity contribution in [3.63, 3.8) is 0 Å². The molecule has 0 atom stereocenters. The van der Waals surface area contributed by atoms with Gasteiger partial charge in [0.15, 0.2) is 0 Å². The van der Waals surface area contributed by atoms with E-state index in [2.05, 4.69) is 26.8 Å². The van der Waals surface area contributed by atoms with E-state index in [9.17, 15) is 5.11 Å². The van der Waals surface area contributed by atoms with Crippen molar-refractivity contribution in [2.75, 3.05) is 26.9 Å². The van der Waals surface area contributed by atoms with E-state index in [0.29, 0.717) is 13.2 Å². The molecule has 0 aromatic heterocycles. The van der Waals surface area contributed by atoms with Crippen LogP contribution in [0.4, 0.5) is 0 Å². The van der Waals surface area contributed by atoms with Gasteiger partial charge in [-0.2, -0.15) is 0 Å². The van der Waals surface area contributed by atoms with Crippen molar-refractivity contribution in [2.45, 2.75) is 31.6 Å². The van der Waals surface area contributed by atoms with E-state index >= 15 is 0 Å². The summed E-state index contributed by atoms with van der Waals surface area (Å²) < 4.78 is 10.7. The zero-order valence-electron chi connectivity index (χ0n) is 11.6. The van der Waals surface area contributed by atoms with Crippen LogP contribution in [-0.2, 0) is 15.6 Å². The lowest BCUT2D eigenvalue weighted by molar-refractivity contribution is -0.0842. The SMILES string of the molecule is COc1ccc(C2(CO)COC2)cc1C(C)(C)C.